The SMILES string of the molecule is O=C(Cc1ccn(C2CCCC2)n1)C1C2C3CCC(C3)C12. The number of nitrogens with zero attached hydrogens (tertiary/aromatic N) is 2. The van der Waals surface area contributed by atoms with Crippen LogP contribution in [0.4, 0.5) is 0 Å². The summed E-state index contributed by atoms with van der Waals surface area (Å²) in [7, 11) is 0. The minimum atomic E-state index is 0.410. The van der Waals surface area contributed by atoms with Crippen LogP contribution in [-0.2, 0) is 11.2 Å². The molecule has 3 heteroatoms. The molecule has 0 spiro atoms. The van der Waals surface area contributed by atoms with Crippen LogP contribution in [0.1, 0.15) is 56.7 Å². The minimum Gasteiger partial charge on any atom is -0.299 e. The van der Waals surface area contributed by atoms with Crippen molar-refractivity contribution >= 4 is 5.78 Å². The van der Waals surface area contributed by atoms with Crippen LogP contribution in [0.5, 0.6) is 0 Å². The topological polar surface area (TPSA) is 34.9 Å². The van der Waals surface area contributed by atoms with E-state index in [1.807, 2.05) is 0 Å². The van der Waals surface area contributed by atoms with Gasteiger partial charge in [0.1, 0.15) is 5.78 Å². The van der Waals surface area contributed by atoms with Gasteiger partial charge in [-0.2, -0.15) is 5.10 Å². The van der Waals surface area contributed by atoms with Crippen LogP contribution in [0.25, 0.3) is 0 Å². The van der Waals surface area contributed by atoms with Crippen LogP contribution in [-0.4, -0.2) is 15.6 Å². The second kappa shape index (κ2) is 4.44. The number of carbonyl (C=O) groups is 1. The molecule has 21 heavy (non-hydrogen) atoms. The van der Waals surface area contributed by atoms with E-state index < -0.39 is 0 Å². The quantitative estimate of drug-likeness (QED) is 0.849. The number of aromatic nitrogens is 2. The van der Waals surface area contributed by atoms with E-state index >= 15 is 0 Å². The molecular formula is C18H24N2O. The molecule has 1 aromatic heterocycles. The monoisotopic (exact) mass is 284 g/mol. The predicted octanol–water partition coefficient (Wildman–Crippen LogP) is 3.40. The van der Waals surface area contributed by atoms with Gasteiger partial charge in [-0.3, -0.25) is 9.48 Å². The highest BCUT2D eigenvalue weighted by molar-refractivity contribution is 5.86. The van der Waals surface area contributed by atoms with Crippen molar-refractivity contribution in [2.75, 3.05) is 0 Å². The Morgan fingerprint density at radius 3 is 2.57 bits per heavy atom. The Labute approximate surface area is 126 Å². The van der Waals surface area contributed by atoms with Gasteiger partial charge < -0.3 is 0 Å². The van der Waals surface area contributed by atoms with Crippen molar-refractivity contribution in [2.24, 2.45) is 29.6 Å². The predicted molar refractivity (Wildman–Crippen MR) is 79.7 cm³/mol. The lowest BCUT2D eigenvalue weighted by atomic mass is 9.98. The fraction of sp³-hybridized carbons (Fsp3) is 0.778. The number of hydrogen-bond acceptors (Lipinski definition) is 2. The Bertz CT molecular complexity index is 556. The van der Waals surface area contributed by atoms with E-state index in [1.165, 1.54) is 44.9 Å². The van der Waals surface area contributed by atoms with Gasteiger partial charge >= 0.3 is 0 Å². The van der Waals surface area contributed by atoms with E-state index in [0.717, 1.165) is 29.4 Å². The Morgan fingerprint density at radius 1 is 1.14 bits per heavy atom. The largest absolute Gasteiger partial charge is 0.299 e. The first kappa shape index (κ1) is 12.4. The van der Waals surface area contributed by atoms with Crippen molar-refractivity contribution in [1.29, 1.82) is 0 Å². The van der Waals surface area contributed by atoms with Crippen LogP contribution < -0.4 is 0 Å². The zero-order valence-electron chi connectivity index (χ0n) is 12.6. The molecule has 3 nitrogen and oxygen atoms in total. The Hall–Kier alpha value is -1.12. The van der Waals surface area contributed by atoms with Gasteiger partial charge in [-0.15, -0.1) is 0 Å². The number of rotatable bonds is 4. The summed E-state index contributed by atoms with van der Waals surface area (Å²) in [5, 5.41) is 4.69. The van der Waals surface area contributed by atoms with Crippen molar-refractivity contribution in [1.82, 2.24) is 9.78 Å². The Morgan fingerprint density at radius 2 is 1.86 bits per heavy atom. The minimum absolute atomic E-state index is 0.410. The molecule has 5 rings (SSSR count). The summed E-state index contributed by atoms with van der Waals surface area (Å²) in [5.41, 5.74) is 1.00. The summed E-state index contributed by atoms with van der Waals surface area (Å²) >= 11 is 0. The molecule has 4 unspecified atom stereocenters. The second-order valence-electron chi connectivity index (χ2n) is 7.88. The average Bonchev–Trinajstić information content (AvgIpc) is 3.04. The summed E-state index contributed by atoms with van der Waals surface area (Å²) in [4.78, 5) is 12.6. The highest BCUT2D eigenvalue weighted by Crippen LogP contribution is 2.69. The van der Waals surface area contributed by atoms with Crippen molar-refractivity contribution in [3.8, 4) is 0 Å². The smallest absolute Gasteiger partial charge is 0.142 e. The lowest BCUT2D eigenvalue weighted by Crippen LogP contribution is -2.13. The van der Waals surface area contributed by atoms with Gasteiger partial charge in [0.2, 0.25) is 0 Å². The number of hydrogen-bond donors (Lipinski definition) is 0. The van der Waals surface area contributed by atoms with Gasteiger partial charge in [-0.1, -0.05) is 12.8 Å². The van der Waals surface area contributed by atoms with E-state index in [2.05, 4.69) is 22.0 Å². The van der Waals surface area contributed by atoms with E-state index in [1.54, 1.807) is 0 Å². The molecule has 0 aromatic carbocycles. The van der Waals surface area contributed by atoms with Gasteiger partial charge in [0, 0.05) is 12.1 Å². The highest BCUT2D eigenvalue weighted by atomic mass is 16.1. The maximum absolute atomic E-state index is 12.6. The molecule has 2 bridgehead atoms. The number of ketones is 1. The van der Waals surface area contributed by atoms with E-state index in [9.17, 15) is 4.79 Å². The lowest BCUT2D eigenvalue weighted by molar-refractivity contribution is -0.120. The summed E-state index contributed by atoms with van der Waals surface area (Å²) in [6.07, 6.45) is 12.1. The van der Waals surface area contributed by atoms with E-state index in [0.29, 0.717) is 24.2 Å². The number of fused-ring (bicyclic) bond motifs is 5. The van der Waals surface area contributed by atoms with E-state index in [-0.39, 0.29) is 0 Å². The fourth-order valence-electron chi connectivity index (χ4n) is 5.90. The molecule has 0 N–H and O–H groups in total. The lowest BCUT2D eigenvalue weighted by Gasteiger charge is -2.09. The second-order valence-corrected chi connectivity index (χ2v) is 7.88. The summed E-state index contributed by atoms with van der Waals surface area (Å²) in [6, 6.07) is 2.66. The zero-order chi connectivity index (χ0) is 14.0. The molecule has 4 aliphatic rings. The molecule has 112 valence electrons. The molecule has 0 radical (unpaired) electrons. The number of Topliss-reactive ketones (excluding diaryl/α,β-unsaturated/α-hetero) is 1. The van der Waals surface area contributed by atoms with Gasteiger partial charge in [0.05, 0.1) is 18.2 Å². The van der Waals surface area contributed by atoms with Gasteiger partial charge in [-0.25, -0.2) is 0 Å². The van der Waals surface area contributed by atoms with Crippen LogP contribution in [0.15, 0.2) is 12.3 Å². The molecule has 4 aliphatic carbocycles. The molecule has 4 fully saturated rings. The first-order chi connectivity index (χ1) is 10.3. The van der Waals surface area contributed by atoms with Gasteiger partial charge in [-0.05, 0) is 61.8 Å². The standard InChI is InChI=1S/C18H24N2O/c21-15(18-16-11-5-6-12(9-11)17(16)18)10-13-7-8-20(19-13)14-3-1-2-4-14/h7-8,11-12,14,16-18H,1-6,9-10H2. The van der Waals surface area contributed by atoms with Crippen molar-refractivity contribution in [2.45, 2.75) is 57.4 Å². The fourth-order valence-corrected chi connectivity index (χ4v) is 5.90. The molecule has 0 aliphatic heterocycles. The van der Waals surface area contributed by atoms with Crippen molar-refractivity contribution < 1.29 is 4.79 Å². The zero-order valence-corrected chi connectivity index (χ0v) is 12.6. The van der Waals surface area contributed by atoms with Gasteiger partial charge in [0.15, 0.2) is 0 Å². The average molecular weight is 284 g/mol. The van der Waals surface area contributed by atoms with Crippen LogP contribution >= 0.6 is 0 Å². The van der Waals surface area contributed by atoms with E-state index in [4.69, 9.17) is 0 Å². The van der Waals surface area contributed by atoms with Crippen LogP contribution in [0.3, 0.4) is 0 Å². The first-order valence-electron chi connectivity index (χ1n) is 8.88. The third kappa shape index (κ3) is 1.85. The summed E-state index contributed by atoms with van der Waals surface area (Å²) in [6.45, 7) is 0. The Balaban J connectivity index is 1.25. The van der Waals surface area contributed by atoms with Crippen molar-refractivity contribution in [3.05, 3.63) is 18.0 Å². The molecule has 4 atom stereocenters. The normalized spacial score (nSPS) is 40.7. The summed E-state index contributed by atoms with van der Waals surface area (Å²) in [5.74, 6) is 4.22. The maximum Gasteiger partial charge on any atom is 0.142 e. The third-order valence-corrected chi connectivity index (χ3v) is 6.82. The van der Waals surface area contributed by atoms with Crippen molar-refractivity contribution in [3.63, 3.8) is 0 Å². The first-order valence-corrected chi connectivity index (χ1v) is 8.88. The van der Waals surface area contributed by atoms with Crippen LogP contribution in [0, 0.1) is 29.6 Å². The third-order valence-electron chi connectivity index (χ3n) is 6.82. The molecule has 0 amide bonds. The molecule has 0 saturated heterocycles. The molecule has 1 heterocycles. The van der Waals surface area contributed by atoms with Gasteiger partial charge in [0.25, 0.3) is 0 Å². The number of carbonyl (C=O) groups excluding carboxylic acids is 1. The molecular weight excluding hydrogens is 260 g/mol. The maximum atomic E-state index is 12.6. The van der Waals surface area contributed by atoms with Crippen LogP contribution in [0.2, 0.25) is 0 Å². The molecule has 4 saturated carbocycles. The Kier molecular flexibility index (Phi) is 2.63. The highest BCUT2D eigenvalue weighted by Gasteiger charge is 2.66. The molecule has 1 aromatic rings. The summed E-state index contributed by atoms with van der Waals surface area (Å²) < 4.78 is 2.12.